The van der Waals surface area contributed by atoms with E-state index in [-0.39, 0.29) is 18.2 Å². The fraction of sp³-hybridized carbons (Fsp3) is 0.154. The highest BCUT2D eigenvalue weighted by Crippen LogP contribution is 2.18. The monoisotopic (exact) mass is 227 g/mol. The second-order valence-corrected chi connectivity index (χ2v) is 3.65. The zero-order valence-electron chi connectivity index (χ0n) is 9.28. The van der Waals surface area contributed by atoms with Gasteiger partial charge in [-0.05, 0) is 5.56 Å². The molecule has 0 radical (unpaired) electrons. The van der Waals surface area contributed by atoms with Crippen molar-refractivity contribution in [3.63, 3.8) is 0 Å². The molecule has 1 heterocycles. The third-order valence-corrected chi connectivity index (χ3v) is 2.57. The van der Waals surface area contributed by atoms with Gasteiger partial charge >= 0.3 is 0 Å². The second-order valence-electron chi connectivity index (χ2n) is 3.65. The average molecular weight is 227 g/mol. The van der Waals surface area contributed by atoms with Crippen LogP contribution >= 0.6 is 0 Å². The average Bonchev–Trinajstić information content (AvgIpc) is 2.42. The quantitative estimate of drug-likeness (QED) is 0.802. The molecule has 1 aromatic heterocycles. The molecule has 1 unspecified atom stereocenters. The van der Waals surface area contributed by atoms with Gasteiger partial charge in [0.25, 0.3) is 0 Å². The smallest absolute Gasteiger partial charge is 0.191 e. The maximum atomic E-state index is 12.2. The van der Waals surface area contributed by atoms with E-state index in [1.54, 1.807) is 0 Å². The summed E-state index contributed by atoms with van der Waals surface area (Å²) in [6, 6.07) is 9.48. The summed E-state index contributed by atoms with van der Waals surface area (Å²) >= 11 is 0. The summed E-state index contributed by atoms with van der Waals surface area (Å²) in [6.07, 6.45) is 4.51. The van der Waals surface area contributed by atoms with E-state index in [1.807, 2.05) is 30.3 Å². The fourth-order valence-corrected chi connectivity index (χ4v) is 1.68. The van der Waals surface area contributed by atoms with Crippen molar-refractivity contribution >= 4 is 5.78 Å². The van der Waals surface area contributed by atoms with Gasteiger partial charge in [-0.1, -0.05) is 30.3 Å². The summed E-state index contributed by atoms with van der Waals surface area (Å²) in [7, 11) is 0. The normalized spacial score (nSPS) is 12.1. The predicted molar refractivity (Wildman–Crippen MR) is 64.6 cm³/mol. The van der Waals surface area contributed by atoms with Gasteiger partial charge in [-0.15, -0.1) is 0 Å². The first-order valence-electron chi connectivity index (χ1n) is 5.38. The van der Waals surface area contributed by atoms with Crippen LogP contribution in [0.5, 0.6) is 0 Å². The zero-order valence-corrected chi connectivity index (χ0v) is 9.28. The molecule has 4 nitrogen and oxygen atoms in total. The van der Waals surface area contributed by atoms with E-state index in [0.717, 1.165) is 5.56 Å². The molecule has 0 bridgehead atoms. The van der Waals surface area contributed by atoms with E-state index in [2.05, 4.69) is 9.97 Å². The van der Waals surface area contributed by atoms with Crippen molar-refractivity contribution in [1.82, 2.24) is 9.97 Å². The Hall–Kier alpha value is -2.07. The Kier molecular flexibility index (Phi) is 3.57. The van der Waals surface area contributed by atoms with E-state index in [1.165, 1.54) is 18.6 Å². The van der Waals surface area contributed by atoms with E-state index in [9.17, 15) is 4.79 Å². The molecule has 2 aromatic rings. The van der Waals surface area contributed by atoms with Crippen LogP contribution in [0.3, 0.4) is 0 Å². The van der Waals surface area contributed by atoms with Crippen LogP contribution in [-0.4, -0.2) is 22.3 Å². The minimum Gasteiger partial charge on any atom is -0.329 e. The highest BCUT2D eigenvalue weighted by Gasteiger charge is 2.21. The third-order valence-electron chi connectivity index (χ3n) is 2.57. The Morgan fingerprint density at radius 1 is 1.24 bits per heavy atom. The lowest BCUT2D eigenvalue weighted by Crippen LogP contribution is -2.22. The van der Waals surface area contributed by atoms with Crippen LogP contribution in [0.15, 0.2) is 48.9 Å². The van der Waals surface area contributed by atoms with Crippen molar-refractivity contribution in [1.29, 1.82) is 0 Å². The first-order chi connectivity index (χ1) is 8.33. The van der Waals surface area contributed by atoms with Crippen LogP contribution in [0.2, 0.25) is 0 Å². The summed E-state index contributed by atoms with van der Waals surface area (Å²) in [5, 5.41) is 0. The molecule has 4 heteroatoms. The fourth-order valence-electron chi connectivity index (χ4n) is 1.68. The van der Waals surface area contributed by atoms with E-state index in [4.69, 9.17) is 5.73 Å². The molecule has 0 aliphatic rings. The molecule has 0 aliphatic heterocycles. The van der Waals surface area contributed by atoms with Gasteiger partial charge in [0.1, 0.15) is 5.69 Å². The summed E-state index contributed by atoms with van der Waals surface area (Å²) in [4.78, 5) is 20.1. The zero-order chi connectivity index (χ0) is 12.1. The molecule has 0 aliphatic carbocycles. The van der Waals surface area contributed by atoms with E-state index < -0.39 is 0 Å². The van der Waals surface area contributed by atoms with Gasteiger partial charge < -0.3 is 5.73 Å². The number of rotatable bonds is 4. The minimum atomic E-state index is -0.354. The molecule has 2 rings (SSSR count). The van der Waals surface area contributed by atoms with Crippen molar-refractivity contribution in [3.8, 4) is 0 Å². The van der Waals surface area contributed by atoms with E-state index >= 15 is 0 Å². The minimum absolute atomic E-state index is 0.0909. The summed E-state index contributed by atoms with van der Waals surface area (Å²) in [5.74, 6) is -0.445. The number of hydrogen-bond donors (Lipinski definition) is 1. The van der Waals surface area contributed by atoms with Crippen LogP contribution in [0, 0.1) is 0 Å². The first-order valence-corrected chi connectivity index (χ1v) is 5.38. The van der Waals surface area contributed by atoms with Crippen LogP contribution in [0.4, 0.5) is 0 Å². The van der Waals surface area contributed by atoms with Crippen molar-refractivity contribution in [2.24, 2.45) is 5.73 Å². The number of hydrogen-bond acceptors (Lipinski definition) is 4. The van der Waals surface area contributed by atoms with Crippen LogP contribution < -0.4 is 5.73 Å². The molecular weight excluding hydrogens is 214 g/mol. The van der Waals surface area contributed by atoms with Gasteiger partial charge in [-0.2, -0.15) is 0 Å². The summed E-state index contributed by atoms with van der Waals surface area (Å²) < 4.78 is 0. The molecule has 17 heavy (non-hydrogen) atoms. The number of carbonyl (C=O) groups is 1. The van der Waals surface area contributed by atoms with Crippen molar-refractivity contribution in [2.45, 2.75) is 5.92 Å². The van der Waals surface area contributed by atoms with Gasteiger partial charge in [-0.3, -0.25) is 9.78 Å². The molecule has 0 fully saturated rings. The molecule has 0 amide bonds. The van der Waals surface area contributed by atoms with Gasteiger partial charge in [0.05, 0.1) is 12.1 Å². The molecule has 0 saturated carbocycles. The summed E-state index contributed by atoms with van der Waals surface area (Å²) in [5.41, 5.74) is 6.94. The number of ketones is 1. The van der Waals surface area contributed by atoms with E-state index in [0.29, 0.717) is 5.69 Å². The van der Waals surface area contributed by atoms with Crippen LogP contribution in [0.25, 0.3) is 0 Å². The number of nitrogens with two attached hydrogens (primary N) is 1. The molecular formula is C13H13N3O. The number of benzene rings is 1. The highest BCUT2D eigenvalue weighted by molar-refractivity contribution is 5.99. The maximum Gasteiger partial charge on any atom is 0.191 e. The number of Topliss-reactive ketones (excluding diaryl/α,β-unsaturated/α-hetero) is 1. The van der Waals surface area contributed by atoms with Crippen molar-refractivity contribution < 1.29 is 4.79 Å². The first kappa shape index (κ1) is 11.4. The lowest BCUT2D eigenvalue weighted by atomic mass is 9.93. The van der Waals surface area contributed by atoms with Crippen molar-refractivity contribution in [3.05, 3.63) is 60.2 Å². The van der Waals surface area contributed by atoms with Crippen molar-refractivity contribution in [2.75, 3.05) is 6.54 Å². The van der Waals surface area contributed by atoms with Gasteiger partial charge in [0, 0.05) is 18.9 Å². The standard InChI is InChI=1S/C13H13N3O/c14-8-11(10-4-2-1-3-5-10)13(17)12-9-15-6-7-16-12/h1-7,9,11H,8,14H2. The predicted octanol–water partition coefficient (Wildman–Crippen LogP) is 1.40. The Morgan fingerprint density at radius 2 is 2.00 bits per heavy atom. The molecule has 0 spiro atoms. The van der Waals surface area contributed by atoms with Gasteiger partial charge in [0.15, 0.2) is 5.78 Å². The van der Waals surface area contributed by atoms with Gasteiger partial charge in [-0.25, -0.2) is 4.98 Å². The number of nitrogens with zero attached hydrogens (tertiary/aromatic N) is 2. The lowest BCUT2D eigenvalue weighted by molar-refractivity contribution is 0.0957. The Balaban J connectivity index is 2.29. The number of aromatic nitrogens is 2. The number of carbonyl (C=O) groups excluding carboxylic acids is 1. The SMILES string of the molecule is NCC(C(=O)c1cnccn1)c1ccccc1. The molecule has 0 saturated heterocycles. The van der Waals surface area contributed by atoms with Crippen LogP contribution in [-0.2, 0) is 0 Å². The molecule has 86 valence electrons. The van der Waals surface area contributed by atoms with Crippen LogP contribution in [0.1, 0.15) is 22.0 Å². The second kappa shape index (κ2) is 5.32. The molecule has 1 aromatic carbocycles. The largest absolute Gasteiger partial charge is 0.329 e. The maximum absolute atomic E-state index is 12.2. The Labute approximate surface area is 99.5 Å². The Bertz CT molecular complexity index is 485. The third kappa shape index (κ3) is 2.54. The molecule has 1 atom stereocenters. The Morgan fingerprint density at radius 3 is 2.59 bits per heavy atom. The highest BCUT2D eigenvalue weighted by atomic mass is 16.1. The summed E-state index contributed by atoms with van der Waals surface area (Å²) in [6.45, 7) is 0.263. The lowest BCUT2D eigenvalue weighted by Gasteiger charge is -2.12. The van der Waals surface area contributed by atoms with Gasteiger partial charge in [0.2, 0.25) is 0 Å². The topological polar surface area (TPSA) is 68.9 Å². The molecule has 2 N–H and O–H groups in total.